The van der Waals surface area contributed by atoms with E-state index in [2.05, 4.69) is 169 Å². The van der Waals surface area contributed by atoms with Crippen LogP contribution in [0.1, 0.15) is 33.4 Å². The highest BCUT2D eigenvalue weighted by Crippen LogP contribution is 2.48. The highest BCUT2D eigenvalue weighted by molar-refractivity contribution is 6.30. The minimum atomic E-state index is 0.641. The number of rotatable bonds is 4. The maximum atomic E-state index is 6.72. The number of fused-ring (bicyclic) bond motifs is 2. The summed E-state index contributed by atoms with van der Waals surface area (Å²) in [5.41, 5.74) is 17.8. The molecule has 0 N–H and O–H groups in total. The highest BCUT2D eigenvalue weighted by Gasteiger charge is 2.23. The first-order valence-electron chi connectivity index (χ1n) is 18.5. The molecule has 53 heavy (non-hydrogen) atoms. The summed E-state index contributed by atoms with van der Waals surface area (Å²) in [6.45, 7) is 13.3. The van der Waals surface area contributed by atoms with Crippen LogP contribution in [0.5, 0.6) is 0 Å². The van der Waals surface area contributed by atoms with E-state index in [0.29, 0.717) is 5.89 Å². The molecule has 9 aromatic carbocycles. The fraction of sp³-hybridized carbons (Fsp3) is 0.118. The number of aryl methyl sites for hydroxylation is 6. The molecule has 2 heteroatoms. The van der Waals surface area contributed by atoms with E-state index >= 15 is 0 Å². The molecule has 0 atom stereocenters. The number of benzene rings is 9. The summed E-state index contributed by atoms with van der Waals surface area (Å²) in [4.78, 5) is 5.26. The SMILES string of the molecule is Cc1cc(C)c(-c2ccc3ccc4c(-c5c(C)cc(C)cc5C)cc(-c5nc6cc(-c7cccc8ccccc78)ccc6o5)c5ccc2c3c54)c(C)c1. The molecule has 0 bridgehead atoms. The summed E-state index contributed by atoms with van der Waals surface area (Å²) in [5.74, 6) is 0.641. The summed E-state index contributed by atoms with van der Waals surface area (Å²) in [6, 6.07) is 46.9. The Balaban J connectivity index is 1.27. The molecule has 0 aliphatic rings. The summed E-state index contributed by atoms with van der Waals surface area (Å²) in [7, 11) is 0. The number of hydrogen-bond acceptors (Lipinski definition) is 2. The van der Waals surface area contributed by atoms with E-state index in [9.17, 15) is 0 Å². The first-order chi connectivity index (χ1) is 25.7. The van der Waals surface area contributed by atoms with Gasteiger partial charge in [-0.3, -0.25) is 0 Å². The van der Waals surface area contributed by atoms with Gasteiger partial charge in [0.2, 0.25) is 5.89 Å². The van der Waals surface area contributed by atoms with Crippen LogP contribution in [0.25, 0.3) is 99.0 Å². The molecular weight excluding hydrogens is 643 g/mol. The fourth-order valence-corrected chi connectivity index (χ4v) is 9.40. The normalized spacial score (nSPS) is 12.0. The molecule has 0 saturated carbocycles. The van der Waals surface area contributed by atoms with Gasteiger partial charge in [0.15, 0.2) is 5.58 Å². The molecule has 254 valence electrons. The van der Waals surface area contributed by atoms with E-state index in [0.717, 1.165) is 27.6 Å². The zero-order valence-electron chi connectivity index (χ0n) is 31.0. The lowest BCUT2D eigenvalue weighted by atomic mass is 9.82. The van der Waals surface area contributed by atoms with Gasteiger partial charge in [-0.05, 0) is 158 Å². The van der Waals surface area contributed by atoms with Crippen molar-refractivity contribution in [3.63, 3.8) is 0 Å². The van der Waals surface area contributed by atoms with Gasteiger partial charge in [-0.25, -0.2) is 4.98 Å². The summed E-state index contributed by atoms with van der Waals surface area (Å²) < 4.78 is 6.72. The summed E-state index contributed by atoms with van der Waals surface area (Å²) in [5, 5.41) is 9.92. The number of hydrogen-bond donors (Lipinski definition) is 0. The van der Waals surface area contributed by atoms with Crippen LogP contribution in [0.3, 0.4) is 0 Å². The van der Waals surface area contributed by atoms with Crippen molar-refractivity contribution < 1.29 is 4.42 Å². The van der Waals surface area contributed by atoms with Crippen molar-refractivity contribution in [2.24, 2.45) is 0 Å². The van der Waals surface area contributed by atoms with Gasteiger partial charge in [-0.2, -0.15) is 0 Å². The smallest absolute Gasteiger partial charge is 0.227 e. The van der Waals surface area contributed by atoms with Crippen LogP contribution in [-0.4, -0.2) is 4.98 Å². The maximum Gasteiger partial charge on any atom is 0.227 e. The summed E-state index contributed by atoms with van der Waals surface area (Å²) >= 11 is 0. The van der Waals surface area contributed by atoms with E-state index in [4.69, 9.17) is 9.40 Å². The monoisotopic (exact) mass is 681 g/mol. The first-order valence-corrected chi connectivity index (χ1v) is 18.5. The Kier molecular flexibility index (Phi) is 6.91. The van der Waals surface area contributed by atoms with Gasteiger partial charge in [-0.1, -0.05) is 120 Å². The Morgan fingerprint density at radius 3 is 1.75 bits per heavy atom. The number of oxazole rings is 1. The molecule has 1 aromatic heterocycles. The Hall–Kier alpha value is -6.25. The third kappa shape index (κ3) is 4.82. The van der Waals surface area contributed by atoms with Crippen LogP contribution in [0.4, 0.5) is 0 Å². The zero-order chi connectivity index (χ0) is 36.1. The van der Waals surface area contributed by atoms with E-state index in [-0.39, 0.29) is 0 Å². The standard InChI is InChI=1S/C51H39NO/c1-28-22-30(3)47(31(4)23-28)39-17-14-35-15-18-41-43(48-32(5)24-29(2)25-33(48)6)27-44(42-20-19-40(39)49(35)50(41)42)51-52-45-26-36(16-21-46(45)53-51)38-13-9-11-34-10-7-8-12-37(34)38/h7-27H,1-6H3. The average molecular weight is 682 g/mol. The second-order valence-corrected chi connectivity index (χ2v) is 15.1. The second kappa shape index (κ2) is 11.6. The number of nitrogens with zero attached hydrogens (tertiary/aromatic N) is 1. The second-order valence-electron chi connectivity index (χ2n) is 15.1. The molecule has 0 spiro atoms. The van der Waals surface area contributed by atoms with Crippen LogP contribution in [0.15, 0.2) is 132 Å². The van der Waals surface area contributed by atoms with Crippen LogP contribution in [-0.2, 0) is 0 Å². The molecule has 0 saturated heterocycles. The number of aromatic nitrogens is 1. The van der Waals surface area contributed by atoms with Crippen LogP contribution >= 0.6 is 0 Å². The minimum absolute atomic E-state index is 0.641. The Morgan fingerprint density at radius 2 is 1.02 bits per heavy atom. The fourth-order valence-electron chi connectivity index (χ4n) is 9.40. The van der Waals surface area contributed by atoms with Gasteiger partial charge >= 0.3 is 0 Å². The van der Waals surface area contributed by atoms with Crippen molar-refractivity contribution in [2.45, 2.75) is 41.5 Å². The molecular formula is C51H39NO. The van der Waals surface area contributed by atoms with Gasteiger partial charge in [0.05, 0.1) is 0 Å². The highest BCUT2D eigenvalue weighted by atomic mass is 16.3. The largest absolute Gasteiger partial charge is 0.436 e. The van der Waals surface area contributed by atoms with Gasteiger partial charge in [0, 0.05) is 5.56 Å². The lowest BCUT2D eigenvalue weighted by Crippen LogP contribution is -1.96. The van der Waals surface area contributed by atoms with Crippen LogP contribution in [0, 0.1) is 41.5 Å². The van der Waals surface area contributed by atoms with Gasteiger partial charge < -0.3 is 4.42 Å². The van der Waals surface area contributed by atoms with Gasteiger partial charge in [-0.15, -0.1) is 0 Å². The third-order valence-electron chi connectivity index (χ3n) is 11.4. The Morgan fingerprint density at radius 1 is 0.415 bits per heavy atom. The molecule has 0 aliphatic carbocycles. The average Bonchev–Trinajstić information content (AvgIpc) is 3.57. The molecule has 2 nitrogen and oxygen atoms in total. The summed E-state index contributed by atoms with van der Waals surface area (Å²) in [6.07, 6.45) is 0. The van der Waals surface area contributed by atoms with E-state index in [1.165, 1.54) is 98.9 Å². The Bertz CT molecular complexity index is 3070. The molecule has 1 heterocycles. The van der Waals surface area contributed by atoms with Gasteiger partial charge in [0.25, 0.3) is 0 Å². The van der Waals surface area contributed by atoms with E-state index < -0.39 is 0 Å². The molecule has 10 aromatic rings. The predicted octanol–water partition coefficient (Wildman–Crippen LogP) is 14.4. The van der Waals surface area contributed by atoms with E-state index in [1.54, 1.807) is 0 Å². The van der Waals surface area contributed by atoms with Crippen molar-refractivity contribution in [1.82, 2.24) is 4.98 Å². The lowest BCUT2D eigenvalue weighted by molar-refractivity contribution is 0.620. The molecule has 0 radical (unpaired) electrons. The van der Waals surface area contributed by atoms with Crippen LogP contribution in [0.2, 0.25) is 0 Å². The molecule has 0 fully saturated rings. The van der Waals surface area contributed by atoms with Crippen molar-refractivity contribution in [3.8, 4) is 44.8 Å². The molecule has 0 aliphatic heterocycles. The Labute approximate surface area is 309 Å². The van der Waals surface area contributed by atoms with Gasteiger partial charge in [0.1, 0.15) is 5.52 Å². The quantitative estimate of drug-likeness (QED) is 0.173. The van der Waals surface area contributed by atoms with Crippen molar-refractivity contribution in [3.05, 3.63) is 161 Å². The van der Waals surface area contributed by atoms with Crippen molar-refractivity contribution in [1.29, 1.82) is 0 Å². The lowest BCUT2D eigenvalue weighted by Gasteiger charge is -2.21. The molecule has 0 amide bonds. The maximum absolute atomic E-state index is 6.72. The molecule has 10 rings (SSSR count). The first kappa shape index (κ1) is 31.5. The van der Waals surface area contributed by atoms with Crippen molar-refractivity contribution >= 4 is 54.2 Å². The topological polar surface area (TPSA) is 26.0 Å². The zero-order valence-corrected chi connectivity index (χ0v) is 31.0. The van der Waals surface area contributed by atoms with E-state index in [1.807, 2.05) is 0 Å². The third-order valence-corrected chi connectivity index (χ3v) is 11.4. The van der Waals surface area contributed by atoms with Crippen LogP contribution < -0.4 is 0 Å². The minimum Gasteiger partial charge on any atom is -0.436 e. The predicted molar refractivity (Wildman–Crippen MR) is 225 cm³/mol. The van der Waals surface area contributed by atoms with Crippen molar-refractivity contribution in [2.75, 3.05) is 0 Å². The molecule has 0 unspecified atom stereocenters.